The van der Waals surface area contributed by atoms with Crippen LogP contribution in [0.1, 0.15) is 25.0 Å². The minimum absolute atomic E-state index is 0.553. The zero-order chi connectivity index (χ0) is 10.4. The van der Waals surface area contributed by atoms with Crippen molar-refractivity contribution in [3.8, 4) is 0 Å². The number of hydrogen-bond acceptors (Lipinski definition) is 0. The monoisotopic (exact) mass is 194 g/mol. The fourth-order valence-electron chi connectivity index (χ4n) is 2.72. The topological polar surface area (TPSA) is 0 Å². The van der Waals surface area contributed by atoms with Gasteiger partial charge in [-0.15, -0.1) is 0 Å². The summed E-state index contributed by atoms with van der Waals surface area (Å²) in [4.78, 5) is 0. The number of rotatable bonds is 0. The molecule has 0 radical (unpaired) electrons. The van der Waals surface area contributed by atoms with Crippen molar-refractivity contribution in [1.82, 2.24) is 0 Å². The second kappa shape index (κ2) is 2.96. The average molecular weight is 194 g/mol. The van der Waals surface area contributed by atoms with Gasteiger partial charge in [-0.3, -0.25) is 0 Å². The van der Waals surface area contributed by atoms with Gasteiger partial charge in [0, 0.05) is 5.92 Å². The van der Waals surface area contributed by atoms with Gasteiger partial charge in [0.05, 0.1) is 0 Å². The van der Waals surface area contributed by atoms with E-state index in [4.69, 9.17) is 0 Å². The van der Waals surface area contributed by atoms with Crippen LogP contribution >= 0.6 is 0 Å². The Bertz CT molecular complexity index is 513. The summed E-state index contributed by atoms with van der Waals surface area (Å²) in [6.07, 6.45) is 6.69. The summed E-state index contributed by atoms with van der Waals surface area (Å²) in [5, 5.41) is 0. The van der Waals surface area contributed by atoms with E-state index in [-0.39, 0.29) is 0 Å². The molecule has 0 aliphatic heterocycles. The molecule has 0 heteroatoms. The summed E-state index contributed by atoms with van der Waals surface area (Å²) < 4.78 is 0. The van der Waals surface area contributed by atoms with E-state index in [2.05, 4.69) is 56.3 Å². The largest absolute Gasteiger partial charge is 0.0772 e. The Labute approximate surface area is 90.6 Å². The number of fused-ring (bicyclic) bond motifs is 3. The first-order valence-electron chi connectivity index (χ1n) is 5.48. The molecular weight excluding hydrogens is 180 g/mol. The van der Waals surface area contributed by atoms with Gasteiger partial charge in [-0.25, -0.2) is 0 Å². The van der Waals surface area contributed by atoms with E-state index in [0.29, 0.717) is 5.92 Å². The third kappa shape index (κ3) is 1.08. The molecule has 0 N–H and O–H groups in total. The molecular formula is C15H14. The Morgan fingerprint density at radius 1 is 1.07 bits per heavy atom. The number of allylic oxidation sites excluding steroid dienone is 6. The first kappa shape index (κ1) is 8.72. The summed E-state index contributed by atoms with van der Waals surface area (Å²) in [6, 6.07) is 8.70. The second-order valence-electron chi connectivity index (χ2n) is 4.34. The van der Waals surface area contributed by atoms with E-state index < -0.39 is 0 Å². The molecule has 2 aliphatic rings. The van der Waals surface area contributed by atoms with E-state index in [1.165, 1.54) is 27.8 Å². The molecule has 0 spiro atoms. The van der Waals surface area contributed by atoms with Crippen LogP contribution in [0.5, 0.6) is 0 Å². The average Bonchev–Trinajstić information content (AvgIpc) is 2.55. The van der Waals surface area contributed by atoms with Gasteiger partial charge in [0.2, 0.25) is 0 Å². The van der Waals surface area contributed by atoms with Crippen molar-refractivity contribution >= 4 is 11.1 Å². The fourth-order valence-corrected chi connectivity index (χ4v) is 2.72. The molecule has 74 valence electrons. The van der Waals surface area contributed by atoms with Gasteiger partial charge in [-0.1, -0.05) is 49.4 Å². The van der Waals surface area contributed by atoms with Crippen molar-refractivity contribution in [2.45, 2.75) is 13.8 Å². The smallest absolute Gasteiger partial charge is 0.000169 e. The molecule has 0 heterocycles. The summed E-state index contributed by atoms with van der Waals surface area (Å²) in [5.41, 5.74) is 7.21. The van der Waals surface area contributed by atoms with Crippen LogP contribution in [0.25, 0.3) is 11.1 Å². The molecule has 3 rings (SSSR count). The summed E-state index contributed by atoms with van der Waals surface area (Å²) >= 11 is 0. The quantitative estimate of drug-likeness (QED) is 0.584. The molecule has 0 fully saturated rings. The molecule has 0 aromatic heterocycles. The number of hydrogen-bond donors (Lipinski definition) is 0. The highest BCUT2D eigenvalue weighted by Crippen LogP contribution is 2.45. The van der Waals surface area contributed by atoms with Crippen LogP contribution < -0.4 is 0 Å². The Hall–Kier alpha value is -1.56. The maximum Gasteiger partial charge on any atom is 0.000169 e. The lowest BCUT2D eigenvalue weighted by atomic mass is 9.88. The molecule has 1 aromatic carbocycles. The van der Waals surface area contributed by atoms with E-state index >= 15 is 0 Å². The molecule has 1 atom stereocenters. The van der Waals surface area contributed by atoms with E-state index in [0.717, 1.165) is 0 Å². The van der Waals surface area contributed by atoms with Crippen LogP contribution in [0.15, 0.2) is 48.1 Å². The van der Waals surface area contributed by atoms with Gasteiger partial charge in [-0.05, 0) is 34.8 Å². The molecule has 0 nitrogen and oxygen atoms in total. The van der Waals surface area contributed by atoms with Crippen molar-refractivity contribution < 1.29 is 0 Å². The first-order valence-corrected chi connectivity index (χ1v) is 5.48. The van der Waals surface area contributed by atoms with Gasteiger partial charge in [-0.2, -0.15) is 0 Å². The third-order valence-electron chi connectivity index (χ3n) is 3.43. The molecule has 1 unspecified atom stereocenters. The van der Waals surface area contributed by atoms with Crippen LogP contribution in [-0.4, -0.2) is 0 Å². The van der Waals surface area contributed by atoms with Crippen LogP contribution in [-0.2, 0) is 0 Å². The van der Waals surface area contributed by atoms with E-state index in [1.807, 2.05) is 0 Å². The third-order valence-corrected chi connectivity index (χ3v) is 3.43. The minimum Gasteiger partial charge on any atom is -0.0772 e. The van der Waals surface area contributed by atoms with Gasteiger partial charge in [0.1, 0.15) is 0 Å². The Morgan fingerprint density at radius 2 is 1.80 bits per heavy atom. The van der Waals surface area contributed by atoms with Crippen LogP contribution in [0.4, 0.5) is 0 Å². The van der Waals surface area contributed by atoms with E-state index in [1.54, 1.807) is 0 Å². The number of benzene rings is 1. The minimum atomic E-state index is 0.553. The van der Waals surface area contributed by atoms with Crippen molar-refractivity contribution in [2.75, 3.05) is 0 Å². The Kier molecular flexibility index (Phi) is 1.72. The summed E-state index contributed by atoms with van der Waals surface area (Å²) in [7, 11) is 0. The lowest BCUT2D eigenvalue weighted by molar-refractivity contribution is 0.897. The zero-order valence-corrected chi connectivity index (χ0v) is 9.12. The molecule has 15 heavy (non-hydrogen) atoms. The predicted molar refractivity (Wildman–Crippen MR) is 65.3 cm³/mol. The lowest BCUT2D eigenvalue weighted by Crippen LogP contribution is -1.99. The van der Waals surface area contributed by atoms with Gasteiger partial charge in [0.15, 0.2) is 0 Å². The SMILES string of the molecule is CC1=C2C(=CC=CC2C)c2ccccc21. The van der Waals surface area contributed by atoms with Crippen LogP contribution in [0.3, 0.4) is 0 Å². The standard InChI is InChI=1S/C15H14/c1-10-6-5-9-14-13-8-4-3-7-12(13)11(2)15(10)14/h3-10H,1-2H3. The Morgan fingerprint density at radius 3 is 2.60 bits per heavy atom. The zero-order valence-electron chi connectivity index (χ0n) is 9.12. The highest BCUT2D eigenvalue weighted by atomic mass is 14.3. The highest BCUT2D eigenvalue weighted by Gasteiger charge is 2.26. The first-order chi connectivity index (χ1) is 7.29. The predicted octanol–water partition coefficient (Wildman–Crippen LogP) is 4.06. The van der Waals surface area contributed by atoms with Crippen molar-refractivity contribution in [2.24, 2.45) is 5.92 Å². The summed E-state index contributed by atoms with van der Waals surface area (Å²) in [5.74, 6) is 0.553. The lowest BCUT2D eigenvalue weighted by Gasteiger charge is -2.16. The molecule has 2 aliphatic carbocycles. The molecule has 0 saturated carbocycles. The van der Waals surface area contributed by atoms with E-state index in [9.17, 15) is 0 Å². The van der Waals surface area contributed by atoms with Gasteiger partial charge >= 0.3 is 0 Å². The second-order valence-corrected chi connectivity index (χ2v) is 4.34. The van der Waals surface area contributed by atoms with Gasteiger partial charge < -0.3 is 0 Å². The highest BCUT2D eigenvalue weighted by molar-refractivity contribution is 6.01. The Balaban J connectivity index is 2.31. The van der Waals surface area contributed by atoms with Crippen molar-refractivity contribution in [1.29, 1.82) is 0 Å². The molecule has 0 saturated heterocycles. The van der Waals surface area contributed by atoms with Crippen LogP contribution in [0, 0.1) is 5.92 Å². The normalized spacial score (nSPS) is 22.5. The van der Waals surface area contributed by atoms with Gasteiger partial charge in [0.25, 0.3) is 0 Å². The molecule has 0 bridgehead atoms. The fraction of sp³-hybridized carbons (Fsp3) is 0.200. The molecule has 1 aromatic rings. The van der Waals surface area contributed by atoms with Crippen molar-refractivity contribution in [3.63, 3.8) is 0 Å². The van der Waals surface area contributed by atoms with Crippen LogP contribution in [0.2, 0.25) is 0 Å². The van der Waals surface area contributed by atoms with Crippen molar-refractivity contribution in [3.05, 3.63) is 59.2 Å². The maximum atomic E-state index is 2.27. The molecule has 0 amide bonds. The maximum absolute atomic E-state index is 2.27. The summed E-state index contributed by atoms with van der Waals surface area (Å²) in [6.45, 7) is 4.51.